The summed E-state index contributed by atoms with van der Waals surface area (Å²) < 4.78 is 41.5. The molecule has 2 aromatic heterocycles. The number of pyridine rings is 1. The van der Waals surface area contributed by atoms with E-state index in [1.165, 1.54) is 12.3 Å². The van der Waals surface area contributed by atoms with Gasteiger partial charge < -0.3 is 9.84 Å². The van der Waals surface area contributed by atoms with Crippen LogP contribution in [-0.4, -0.2) is 21.0 Å². The van der Waals surface area contributed by atoms with Crippen molar-refractivity contribution in [3.05, 3.63) is 64.6 Å². The summed E-state index contributed by atoms with van der Waals surface area (Å²) >= 11 is 5.95. The van der Waals surface area contributed by atoms with E-state index in [1.807, 2.05) is 0 Å². The Hall–Kier alpha value is -2.94. The first-order valence-electron chi connectivity index (χ1n) is 7.23. The lowest BCUT2D eigenvalue weighted by atomic mass is 10.2. The minimum absolute atomic E-state index is 0.116. The molecule has 0 aliphatic carbocycles. The van der Waals surface area contributed by atoms with E-state index in [0.717, 1.165) is 0 Å². The van der Waals surface area contributed by atoms with Gasteiger partial charge in [-0.1, -0.05) is 35.0 Å². The Balaban J connectivity index is 1.66. The maximum absolute atomic E-state index is 12.5. The van der Waals surface area contributed by atoms with Crippen molar-refractivity contribution >= 4 is 17.5 Å². The van der Waals surface area contributed by atoms with Crippen molar-refractivity contribution in [1.82, 2.24) is 20.4 Å². The molecule has 0 spiro atoms. The zero-order chi connectivity index (χ0) is 18.7. The van der Waals surface area contributed by atoms with Crippen LogP contribution in [0.4, 0.5) is 13.2 Å². The normalized spacial score (nSPS) is 11.4. The van der Waals surface area contributed by atoms with Gasteiger partial charge in [-0.25, -0.2) is 0 Å². The van der Waals surface area contributed by atoms with E-state index in [2.05, 4.69) is 25.0 Å². The molecule has 0 saturated heterocycles. The maximum Gasteiger partial charge on any atom is 0.471 e. The number of amides is 1. The molecule has 0 atom stereocenters. The van der Waals surface area contributed by atoms with Crippen molar-refractivity contribution in [3.63, 3.8) is 0 Å². The summed E-state index contributed by atoms with van der Waals surface area (Å²) in [4.78, 5) is 19.3. The summed E-state index contributed by atoms with van der Waals surface area (Å²) in [5, 5.41) is 6.26. The summed E-state index contributed by atoms with van der Waals surface area (Å²) in [6.07, 6.45) is -3.32. The third-order valence-electron chi connectivity index (χ3n) is 3.29. The molecule has 134 valence electrons. The van der Waals surface area contributed by atoms with Gasteiger partial charge in [0.2, 0.25) is 5.82 Å². The van der Waals surface area contributed by atoms with Crippen molar-refractivity contribution in [2.75, 3.05) is 0 Å². The Morgan fingerprint density at radius 2 is 1.96 bits per heavy atom. The molecule has 0 fully saturated rings. The van der Waals surface area contributed by atoms with Gasteiger partial charge in [0.05, 0.1) is 10.6 Å². The highest BCUT2D eigenvalue weighted by molar-refractivity contribution is 6.33. The molecular formula is C16H10ClF3N4O2. The van der Waals surface area contributed by atoms with E-state index in [0.29, 0.717) is 16.1 Å². The van der Waals surface area contributed by atoms with Crippen molar-refractivity contribution in [1.29, 1.82) is 0 Å². The first-order valence-corrected chi connectivity index (χ1v) is 7.61. The fraction of sp³-hybridized carbons (Fsp3) is 0.125. The van der Waals surface area contributed by atoms with E-state index < -0.39 is 12.1 Å². The number of carbonyl (C=O) groups excluding carboxylic acids is 1. The topological polar surface area (TPSA) is 80.9 Å². The second-order valence-electron chi connectivity index (χ2n) is 5.14. The van der Waals surface area contributed by atoms with Crippen LogP contribution in [0.1, 0.15) is 21.8 Å². The van der Waals surface area contributed by atoms with Crippen LogP contribution >= 0.6 is 11.6 Å². The Morgan fingerprint density at radius 1 is 1.19 bits per heavy atom. The summed E-state index contributed by atoms with van der Waals surface area (Å²) in [5.41, 5.74) is 1.09. The smallest absolute Gasteiger partial charge is 0.348 e. The maximum atomic E-state index is 12.5. The van der Waals surface area contributed by atoms with Crippen molar-refractivity contribution in [2.45, 2.75) is 12.7 Å². The quantitative estimate of drug-likeness (QED) is 0.743. The highest BCUT2D eigenvalue weighted by Crippen LogP contribution is 2.28. The molecule has 1 amide bonds. The Kier molecular flexibility index (Phi) is 4.90. The summed E-state index contributed by atoms with van der Waals surface area (Å²) in [6, 6.07) is 9.61. The zero-order valence-electron chi connectivity index (χ0n) is 12.9. The molecule has 1 aromatic carbocycles. The minimum atomic E-state index is -4.71. The first kappa shape index (κ1) is 17.9. The van der Waals surface area contributed by atoms with E-state index in [9.17, 15) is 18.0 Å². The molecule has 1 N–H and O–H groups in total. The van der Waals surface area contributed by atoms with E-state index >= 15 is 0 Å². The van der Waals surface area contributed by atoms with Gasteiger partial charge in [0.15, 0.2) is 0 Å². The highest BCUT2D eigenvalue weighted by Gasteiger charge is 2.38. The molecule has 0 aliphatic rings. The summed E-state index contributed by atoms with van der Waals surface area (Å²) in [5.74, 6) is -2.07. The van der Waals surface area contributed by atoms with Gasteiger partial charge in [-0.2, -0.15) is 18.2 Å². The predicted molar refractivity (Wildman–Crippen MR) is 85.2 cm³/mol. The molecule has 0 unspecified atom stereocenters. The molecular weight excluding hydrogens is 373 g/mol. The molecule has 26 heavy (non-hydrogen) atoms. The van der Waals surface area contributed by atoms with Crippen LogP contribution in [0.3, 0.4) is 0 Å². The second kappa shape index (κ2) is 7.12. The van der Waals surface area contributed by atoms with E-state index in [1.54, 1.807) is 30.3 Å². The molecule has 10 heteroatoms. The highest BCUT2D eigenvalue weighted by atomic mass is 35.5. The van der Waals surface area contributed by atoms with Crippen LogP contribution in [0.25, 0.3) is 11.5 Å². The average molecular weight is 383 g/mol. The van der Waals surface area contributed by atoms with E-state index in [4.69, 9.17) is 11.6 Å². The lowest BCUT2D eigenvalue weighted by Crippen LogP contribution is -2.23. The first-order chi connectivity index (χ1) is 12.3. The predicted octanol–water partition coefficient (Wildman–Crippen LogP) is 3.73. The molecule has 0 radical (unpaired) electrons. The molecule has 0 saturated carbocycles. The van der Waals surface area contributed by atoms with Crippen LogP contribution < -0.4 is 5.32 Å². The summed E-state index contributed by atoms with van der Waals surface area (Å²) in [7, 11) is 0. The minimum Gasteiger partial charge on any atom is -0.348 e. The van der Waals surface area contributed by atoms with Crippen molar-refractivity contribution in [3.8, 4) is 11.5 Å². The lowest BCUT2D eigenvalue weighted by Gasteiger charge is -2.06. The fourth-order valence-corrected chi connectivity index (χ4v) is 2.25. The monoisotopic (exact) mass is 382 g/mol. The number of benzene rings is 1. The van der Waals surface area contributed by atoms with Crippen LogP contribution in [0, 0.1) is 0 Å². The van der Waals surface area contributed by atoms with Gasteiger partial charge in [0.25, 0.3) is 5.91 Å². The summed E-state index contributed by atoms with van der Waals surface area (Å²) in [6.45, 7) is 0.164. The van der Waals surface area contributed by atoms with Gasteiger partial charge in [0.1, 0.15) is 5.69 Å². The van der Waals surface area contributed by atoms with E-state index in [-0.39, 0.29) is 24.0 Å². The number of rotatable bonds is 4. The number of carbonyl (C=O) groups is 1. The lowest BCUT2D eigenvalue weighted by molar-refractivity contribution is -0.159. The van der Waals surface area contributed by atoms with Crippen molar-refractivity contribution in [2.24, 2.45) is 0 Å². The molecule has 3 rings (SSSR count). The third kappa shape index (κ3) is 3.99. The number of alkyl halides is 3. The molecule has 3 aromatic rings. The molecule has 0 bridgehead atoms. The van der Waals surface area contributed by atoms with Crippen LogP contribution in [-0.2, 0) is 12.7 Å². The molecule has 0 aliphatic heterocycles. The number of hydrogen-bond donors (Lipinski definition) is 1. The Labute approximate surface area is 150 Å². The van der Waals surface area contributed by atoms with Gasteiger partial charge in [-0.05, 0) is 23.8 Å². The standard InChI is InChI=1S/C16H10ClF3N4O2/c17-11-4-2-1-3-10(11)14(25)22-8-9-5-6-12(21-7-9)13-23-15(26-24-13)16(18,19)20/h1-7H,8H2,(H,22,25). The number of aromatic nitrogens is 3. The number of nitrogens with zero attached hydrogens (tertiary/aromatic N) is 3. The third-order valence-corrected chi connectivity index (χ3v) is 3.62. The fourth-order valence-electron chi connectivity index (χ4n) is 2.03. The average Bonchev–Trinajstić information content (AvgIpc) is 3.11. The van der Waals surface area contributed by atoms with Gasteiger partial charge in [0, 0.05) is 12.7 Å². The Morgan fingerprint density at radius 3 is 2.58 bits per heavy atom. The molecule has 2 heterocycles. The number of hydrogen-bond acceptors (Lipinski definition) is 5. The van der Waals surface area contributed by atoms with Gasteiger partial charge in [-0.3, -0.25) is 9.78 Å². The second-order valence-corrected chi connectivity index (χ2v) is 5.54. The number of nitrogens with one attached hydrogen (secondary N) is 1. The van der Waals surface area contributed by atoms with Gasteiger partial charge in [-0.15, -0.1) is 0 Å². The number of halogens is 4. The van der Waals surface area contributed by atoms with Gasteiger partial charge >= 0.3 is 12.1 Å². The van der Waals surface area contributed by atoms with Crippen LogP contribution in [0.15, 0.2) is 47.1 Å². The molecule has 6 nitrogen and oxygen atoms in total. The van der Waals surface area contributed by atoms with Crippen molar-refractivity contribution < 1.29 is 22.5 Å². The van der Waals surface area contributed by atoms with Crippen LogP contribution in [0.5, 0.6) is 0 Å². The Bertz CT molecular complexity index is 926. The largest absolute Gasteiger partial charge is 0.471 e. The van der Waals surface area contributed by atoms with Crippen LogP contribution in [0.2, 0.25) is 5.02 Å². The SMILES string of the molecule is O=C(NCc1ccc(-c2noc(C(F)(F)F)n2)nc1)c1ccccc1Cl. The zero-order valence-corrected chi connectivity index (χ0v) is 13.7.